The van der Waals surface area contributed by atoms with Gasteiger partial charge in [0.25, 0.3) is 0 Å². The summed E-state index contributed by atoms with van der Waals surface area (Å²) < 4.78 is 0. The molecule has 1 aliphatic rings. The van der Waals surface area contributed by atoms with Crippen LogP contribution in [0.2, 0.25) is 0 Å². The van der Waals surface area contributed by atoms with Gasteiger partial charge < -0.3 is 15.7 Å². The number of nitrogens with zero attached hydrogens (tertiary/aromatic N) is 1. The average molecular weight is 200 g/mol. The second kappa shape index (κ2) is 5.10. The summed E-state index contributed by atoms with van der Waals surface area (Å²) in [5.41, 5.74) is 5.53. The largest absolute Gasteiger partial charge is 0.394 e. The fourth-order valence-corrected chi connectivity index (χ4v) is 2.23. The third kappa shape index (κ3) is 3.56. The van der Waals surface area contributed by atoms with E-state index in [0.29, 0.717) is 6.04 Å². The van der Waals surface area contributed by atoms with Crippen molar-refractivity contribution in [3.8, 4) is 0 Å². The van der Waals surface area contributed by atoms with Crippen LogP contribution in [0.15, 0.2) is 0 Å². The maximum Gasteiger partial charge on any atom is 0.0609 e. The van der Waals surface area contributed by atoms with E-state index >= 15 is 0 Å². The molecule has 1 saturated heterocycles. The zero-order chi connectivity index (χ0) is 10.6. The van der Waals surface area contributed by atoms with Crippen LogP contribution in [0.4, 0.5) is 0 Å². The highest BCUT2D eigenvalue weighted by atomic mass is 16.3. The first-order chi connectivity index (χ1) is 6.55. The van der Waals surface area contributed by atoms with Crippen molar-refractivity contribution < 1.29 is 5.11 Å². The molecule has 0 spiro atoms. The van der Waals surface area contributed by atoms with Gasteiger partial charge in [0.15, 0.2) is 0 Å². The molecule has 2 atom stereocenters. The van der Waals surface area contributed by atoms with Crippen LogP contribution in [-0.4, -0.2) is 41.3 Å². The van der Waals surface area contributed by atoms with Gasteiger partial charge in [-0.1, -0.05) is 6.42 Å². The molecule has 1 fully saturated rings. The molecule has 0 radical (unpaired) electrons. The minimum Gasteiger partial charge on any atom is -0.394 e. The highest BCUT2D eigenvalue weighted by molar-refractivity contribution is 4.84. The molecule has 0 amide bonds. The van der Waals surface area contributed by atoms with Gasteiger partial charge in [0.05, 0.1) is 6.61 Å². The zero-order valence-corrected chi connectivity index (χ0v) is 9.50. The van der Waals surface area contributed by atoms with Crippen LogP contribution >= 0.6 is 0 Å². The van der Waals surface area contributed by atoms with Gasteiger partial charge in [0.1, 0.15) is 0 Å². The monoisotopic (exact) mass is 200 g/mol. The van der Waals surface area contributed by atoms with E-state index in [4.69, 9.17) is 10.8 Å². The van der Waals surface area contributed by atoms with Crippen molar-refractivity contribution in [1.29, 1.82) is 0 Å². The Morgan fingerprint density at radius 1 is 1.36 bits per heavy atom. The molecule has 0 aliphatic carbocycles. The molecule has 14 heavy (non-hydrogen) atoms. The van der Waals surface area contributed by atoms with Crippen molar-refractivity contribution >= 4 is 0 Å². The van der Waals surface area contributed by atoms with E-state index in [1.54, 1.807) is 0 Å². The predicted octanol–water partition coefficient (Wildman–Crippen LogP) is 0.961. The molecule has 0 bridgehead atoms. The van der Waals surface area contributed by atoms with Gasteiger partial charge in [0.2, 0.25) is 0 Å². The number of aliphatic hydroxyl groups is 1. The third-order valence-corrected chi connectivity index (χ3v) is 3.14. The topological polar surface area (TPSA) is 49.5 Å². The number of nitrogens with two attached hydrogens (primary N) is 1. The first-order valence-electron chi connectivity index (χ1n) is 5.69. The van der Waals surface area contributed by atoms with Gasteiger partial charge in [-0.3, -0.25) is 0 Å². The lowest BCUT2D eigenvalue weighted by Gasteiger charge is -2.36. The van der Waals surface area contributed by atoms with Crippen molar-refractivity contribution in [3.63, 3.8) is 0 Å². The van der Waals surface area contributed by atoms with E-state index < -0.39 is 5.54 Å². The van der Waals surface area contributed by atoms with E-state index in [1.807, 2.05) is 6.92 Å². The number of aliphatic hydroxyl groups excluding tert-OH is 1. The van der Waals surface area contributed by atoms with Crippen LogP contribution in [0.5, 0.6) is 0 Å². The van der Waals surface area contributed by atoms with Gasteiger partial charge in [0, 0.05) is 11.6 Å². The van der Waals surface area contributed by atoms with Gasteiger partial charge >= 0.3 is 0 Å². The SMILES string of the molecule is CC(CC(C)(N)CO)N1CCCCC1. The molecule has 3 N–H and O–H groups in total. The number of hydrogen-bond acceptors (Lipinski definition) is 3. The number of likely N-dealkylation sites (tertiary alicyclic amines) is 1. The summed E-state index contributed by atoms with van der Waals surface area (Å²) in [5.74, 6) is 0. The van der Waals surface area contributed by atoms with Crippen LogP contribution in [0.3, 0.4) is 0 Å². The summed E-state index contributed by atoms with van der Waals surface area (Å²) in [4.78, 5) is 2.49. The lowest BCUT2D eigenvalue weighted by atomic mass is 9.94. The van der Waals surface area contributed by atoms with E-state index in [2.05, 4.69) is 11.8 Å². The molecule has 2 unspecified atom stereocenters. The smallest absolute Gasteiger partial charge is 0.0609 e. The van der Waals surface area contributed by atoms with Crippen LogP contribution in [0, 0.1) is 0 Å². The standard InChI is InChI=1S/C11H24N2O/c1-10(8-11(2,12)9-14)13-6-4-3-5-7-13/h10,14H,3-9,12H2,1-2H3. The summed E-state index contributed by atoms with van der Waals surface area (Å²) in [6.45, 7) is 6.61. The Morgan fingerprint density at radius 3 is 2.43 bits per heavy atom. The highest BCUT2D eigenvalue weighted by Gasteiger charge is 2.25. The molecular weight excluding hydrogens is 176 g/mol. The lowest BCUT2D eigenvalue weighted by molar-refractivity contribution is 0.121. The van der Waals surface area contributed by atoms with E-state index in [-0.39, 0.29) is 6.61 Å². The number of piperidine rings is 1. The second-order valence-corrected chi connectivity index (χ2v) is 4.96. The summed E-state index contributed by atoms with van der Waals surface area (Å²) >= 11 is 0. The molecule has 3 heteroatoms. The van der Waals surface area contributed by atoms with E-state index in [1.165, 1.54) is 32.4 Å². The van der Waals surface area contributed by atoms with Gasteiger partial charge in [-0.15, -0.1) is 0 Å². The zero-order valence-electron chi connectivity index (χ0n) is 9.50. The molecule has 1 heterocycles. The Bertz CT molecular complexity index is 165. The van der Waals surface area contributed by atoms with E-state index in [9.17, 15) is 0 Å². The Hall–Kier alpha value is -0.120. The van der Waals surface area contributed by atoms with Crippen LogP contribution in [0.1, 0.15) is 39.5 Å². The molecule has 84 valence electrons. The Kier molecular flexibility index (Phi) is 4.35. The molecule has 1 aliphatic heterocycles. The van der Waals surface area contributed by atoms with Crippen molar-refractivity contribution in [2.24, 2.45) is 5.73 Å². The quantitative estimate of drug-likeness (QED) is 0.710. The molecule has 0 saturated carbocycles. The third-order valence-electron chi connectivity index (χ3n) is 3.14. The molecule has 0 aromatic heterocycles. The Morgan fingerprint density at radius 2 is 1.93 bits per heavy atom. The lowest BCUT2D eigenvalue weighted by Crippen LogP contribution is -2.48. The van der Waals surface area contributed by atoms with Gasteiger partial charge in [-0.05, 0) is 46.2 Å². The predicted molar refractivity (Wildman–Crippen MR) is 59.2 cm³/mol. The fraction of sp³-hybridized carbons (Fsp3) is 1.00. The first-order valence-corrected chi connectivity index (χ1v) is 5.69. The van der Waals surface area contributed by atoms with Crippen molar-refractivity contribution in [2.75, 3.05) is 19.7 Å². The summed E-state index contributed by atoms with van der Waals surface area (Å²) in [6.07, 6.45) is 4.86. The minimum absolute atomic E-state index is 0.0746. The normalized spacial score (nSPS) is 25.7. The summed E-state index contributed by atoms with van der Waals surface area (Å²) in [6, 6.07) is 0.498. The maximum atomic E-state index is 9.10. The van der Waals surface area contributed by atoms with Gasteiger partial charge in [-0.25, -0.2) is 0 Å². The first kappa shape index (κ1) is 12.0. The molecule has 3 nitrogen and oxygen atoms in total. The molecular formula is C11H24N2O. The Labute approximate surface area is 87.3 Å². The van der Waals surface area contributed by atoms with Crippen molar-refractivity contribution in [1.82, 2.24) is 4.90 Å². The fourth-order valence-electron chi connectivity index (χ4n) is 2.23. The average Bonchev–Trinajstić information content (AvgIpc) is 2.19. The highest BCUT2D eigenvalue weighted by Crippen LogP contribution is 2.18. The van der Waals surface area contributed by atoms with Crippen molar-refractivity contribution in [2.45, 2.75) is 51.1 Å². The molecule has 1 rings (SSSR count). The Balaban J connectivity index is 2.36. The number of rotatable bonds is 4. The second-order valence-electron chi connectivity index (χ2n) is 4.96. The van der Waals surface area contributed by atoms with Crippen LogP contribution in [-0.2, 0) is 0 Å². The number of hydrogen-bond donors (Lipinski definition) is 2. The molecule has 0 aromatic carbocycles. The van der Waals surface area contributed by atoms with Crippen LogP contribution < -0.4 is 5.73 Å². The summed E-state index contributed by atoms with van der Waals surface area (Å²) in [5, 5.41) is 9.10. The maximum absolute atomic E-state index is 9.10. The van der Waals surface area contributed by atoms with Gasteiger partial charge in [-0.2, -0.15) is 0 Å². The van der Waals surface area contributed by atoms with Crippen molar-refractivity contribution in [3.05, 3.63) is 0 Å². The van der Waals surface area contributed by atoms with Crippen LogP contribution in [0.25, 0.3) is 0 Å². The molecule has 0 aromatic rings. The minimum atomic E-state index is -0.420. The van der Waals surface area contributed by atoms with E-state index in [0.717, 1.165) is 6.42 Å². The summed E-state index contributed by atoms with van der Waals surface area (Å²) in [7, 11) is 0.